The van der Waals surface area contributed by atoms with Gasteiger partial charge in [0.05, 0.1) is 5.69 Å². The summed E-state index contributed by atoms with van der Waals surface area (Å²) in [6, 6.07) is 3.47. The molecule has 0 atom stereocenters. The van der Waals surface area contributed by atoms with Crippen molar-refractivity contribution in [1.29, 1.82) is 0 Å². The van der Waals surface area contributed by atoms with Crippen LogP contribution in [0.2, 0.25) is 0 Å². The SMILES string of the molecule is Cc1cc(=O)[nH]c2cc(C(C)(C)C)nn12. The van der Waals surface area contributed by atoms with E-state index in [2.05, 4.69) is 30.9 Å². The standard InChI is InChI=1S/C11H15N3O/c1-7-5-10(15)12-9-6-8(11(2,3)4)13-14(7)9/h5-6H,1-4H3,(H,12,15). The van der Waals surface area contributed by atoms with E-state index in [1.54, 1.807) is 10.6 Å². The number of H-pyrrole nitrogens is 1. The van der Waals surface area contributed by atoms with Gasteiger partial charge in [-0.15, -0.1) is 0 Å². The van der Waals surface area contributed by atoms with Gasteiger partial charge in [-0.2, -0.15) is 5.10 Å². The fourth-order valence-corrected chi connectivity index (χ4v) is 1.52. The van der Waals surface area contributed by atoms with Crippen LogP contribution in [0.25, 0.3) is 5.65 Å². The summed E-state index contributed by atoms with van der Waals surface area (Å²) < 4.78 is 1.77. The van der Waals surface area contributed by atoms with Crippen molar-refractivity contribution in [3.63, 3.8) is 0 Å². The van der Waals surface area contributed by atoms with Gasteiger partial charge >= 0.3 is 0 Å². The molecule has 0 bridgehead atoms. The lowest BCUT2D eigenvalue weighted by Crippen LogP contribution is -2.12. The van der Waals surface area contributed by atoms with Crippen LogP contribution in [0, 0.1) is 6.92 Å². The Morgan fingerprint density at radius 3 is 2.60 bits per heavy atom. The lowest BCUT2D eigenvalue weighted by molar-refractivity contribution is 0.561. The average Bonchev–Trinajstić information content (AvgIpc) is 2.46. The third-order valence-electron chi connectivity index (χ3n) is 2.40. The highest BCUT2D eigenvalue weighted by molar-refractivity contribution is 5.41. The largest absolute Gasteiger partial charge is 0.307 e. The smallest absolute Gasteiger partial charge is 0.251 e. The molecule has 0 saturated heterocycles. The molecular weight excluding hydrogens is 190 g/mol. The zero-order valence-electron chi connectivity index (χ0n) is 9.46. The van der Waals surface area contributed by atoms with Gasteiger partial charge in [0.25, 0.3) is 5.56 Å². The molecule has 0 amide bonds. The Bertz CT molecular complexity index is 557. The number of nitrogens with zero attached hydrogens (tertiary/aromatic N) is 2. The zero-order valence-corrected chi connectivity index (χ0v) is 9.46. The Morgan fingerprint density at radius 1 is 1.33 bits per heavy atom. The predicted octanol–water partition coefficient (Wildman–Crippen LogP) is 1.63. The van der Waals surface area contributed by atoms with Crippen molar-refractivity contribution in [2.45, 2.75) is 33.1 Å². The molecule has 0 radical (unpaired) electrons. The third kappa shape index (κ3) is 1.67. The van der Waals surface area contributed by atoms with E-state index in [9.17, 15) is 4.79 Å². The predicted molar refractivity (Wildman–Crippen MR) is 59.2 cm³/mol. The lowest BCUT2D eigenvalue weighted by atomic mass is 9.93. The molecule has 4 nitrogen and oxygen atoms in total. The van der Waals surface area contributed by atoms with Crippen LogP contribution >= 0.6 is 0 Å². The number of aromatic amines is 1. The van der Waals surface area contributed by atoms with Gasteiger partial charge in [0, 0.05) is 23.2 Å². The second-order valence-corrected chi connectivity index (χ2v) is 4.85. The first-order chi connectivity index (χ1) is 6.88. The quantitative estimate of drug-likeness (QED) is 0.710. The van der Waals surface area contributed by atoms with E-state index >= 15 is 0 Å². The van der Waals surface area contributed by atoms with Crippen molar-refractivity contribution in [2.75, 3.05) is 0 Å². The number of aryl methyl sites for hydroxylation is 1. The van der Waals surface area contributed by atoms with Gasteiger partial charge in [-0.1, -0.05) is 20.8 Å². The molecule has 0 fully saturated rings. The molecule has 0 spiro atoms. The number of hydrogen-bond acceptors (Lipinski definition) is 2. The molecule has 0 aliphatic carbocycles. The van der Waals surface area contributed by atoms with Crippen molar-refractivity contribution >= 4 is 5.65 Å². The van der Waals surface area contributed by atoms with Crippen molar-refractivity contribution < 1.29 is 0 Å². The van der Waals surface area contributed by atoms with Crippen molar-refractivity contribution in [3.8, 4) is 0 Å². The number of rotatable bonds is 0. The summed E-state index contributed by atoms with van der Waals surface area (Å²) in [5, 5.41) is 4.47. The normalized spacial score (nSPS) is 12.3. The minimum atomic E-state index is -0.0830. The summed E-state index contributed by atoms with van der Waals surface area (Å²) in [7, 11) is 0. The van der Waals surface area contributed by atoms with E-state index in [0.717, 1.165) is 17.0 Å². The van der Waals surface area contributed by atoms with Crippen molar-refractivity contribution in [1.82, 2.24) is 14.6 Å². The fraction of sp³-hybridized carbons (Fsp3) is 0.455. The molecule has 0 aliphatic rings. The molecule has 2 heterocycles. The second kappa shape index (κ2) is 2.95. The average molecular weight is 205 g/mol. The molecule has 1 N–H and O–H groups in total. The van der Waals surface area contributed by atoms with Gasteiger partial charge in [-0.25, -0.2) is 4.52 Å². The highest BCUT2D eigenvalue weighted by Crippen LogP contribution is 2.21. The number of hydrogen-bond donors (Lipinski definition) is 1. The van der Waals surface area contributed by atoms with Gasteiger partial charge in [-0.3, -0.25) is 4.79 Å². The van der Waals surface area contributed by atoms with Gasteiger partial charge < -0.3 is 4.98 Å². The number of nitrogens with one attached hydrogen (secondary N) is 1. The summed E-state index contributed by atoms with van der Waals surface area (Å²) in [5.41, 5.74) is 2.50. The molecule has 0 aliphatic heterocycles. The van der Waals surface area contributed by atoms with Crippen molar-refractivity contribution in [3.05, 3.63) is 33.9 Å². The molecule has 80 valence electrons. The van der Waals surface area contributed by atoms with E-state index in [0.29, 0.717) is 0 Å². The first-order valence-electron chi connectivity index (χ1n) is 4.98. The Kier molecular flexibility index (Phi) is 1.96. The molecule has 2 aromatic heterocycles. The summed E-state index contributed by atoms with van der Waals surface area (Å²) >= 11 is 0. The van der Waals surface area contributed by atoms with Crippen LogP contribution in [-0.4, -0.2) is 14.6 Å². The van der Waals surface area contributed by atoms with E-state index < -0.39 is 0 Å². The van der Waals surface area contributed by atoms with Crippen LogP contribution in [0.15, 0.2) is 16.9 Å². The fourth-order valence-electron chi connectivity index (χ4n) is 1.52. The molecule has 4 heteroatoms. The summed E-state index contributed by atoms with van der Waals surface area (Å²) in [4.78, 5) is 14.0. The topological polar surface area (TPSA) is 50.2 Å². The minimum absolute atomic E-state index is 0.00462. The monoisotopic (exact) mass is 205 g/mol. The van der Waals surface area contributed by atoms with Crippen LogP contribution in [0.1, 0.15) is 32.2 Å². The maximum absolute atomic E-state index is 11.3. The number of fused-ring (bicyclic) bond motifs is 1. The van der Waals surface area contributed by atoms with E-state index in [1.807, 2.05) is 13.0 Å². The van der Waals surface area contributed by atoms with Crippen LogP contribution in [0.4, 0.5) is 0 Å². The maximum Gasteiger partial charge on any atom is 0.251 e. The Morgan fingerprint density at radius 2 is 2.00 bits per heavy atom. The molecular formula is C11H15N3O. The van der Waals surface area contributed by atoms with Crippen LogP contribution in [0.3, 0.4) is 0 Å². The van der Waals surface area contributed by atoms with Gasteiger partial charge in [0.15, 0.2) is 0 Å². The molecule has 15 heavy (non-hydrogen) atoms. The van der Waals surface area contributed by atoms with Crippen LogP contribution in [-0.2, 0) is 5.41 Å². The van der Waals surface area contributed by atoms with E-state index in [4.69, 9.17) is 0 Å². The van der Waals surface area contributed by atoms with Gasteiger partial charge in [0.1, 0.15) is 5.65 Å². The van der Waals surface area contributed by atoms with Gasteiger partial charge in [0.2, 0.25) is 0 Å². The highest BCUT2D eigenvalue weighted by Gasteiger charge is 2.18. The second-order valence-electron chi connectivity index (χ2n) is 4.85. The zero-order chi connectivity index (χ0) is 11.2. The molecule has 0 aromatic carbocycles. The van der Waals surface area contributed by atoms with Gasteiger partial charge in [-0.05, 0) is 6.92 Å². The Hall–Kier alpha value is -1.58. The van der Waals surface area contributed by atoms with E-state index in [-0.39, 0.29) is 11.0 Å². The summed E-state index contributed by atoms with van der Waals surface area (Å²) in [5.74, 6) is 0. The number of aromatic nitrogens is 3. The first-order valence-corrected chi connectivity index (χ1v) is 4.98. The Labute approximate surface area is 87.9 Å². The van der Waals surface area contributed by atoms with E-state index in [1.165, 1.54) is 0 Å². The lowest BCUT2D eigenvalue weighted by Gasteiger charge is -2.13. The van der Waals surface area contributed by atoms with Crippen LogP contribution in [0.5, 0.6) is 0 Å². The minimum Gasteiger partial charge on any atom is -0.307 e. The molecule has 0 unspecified atom stereocenters. The molecule has 0 saturated carbocycles. The third-order valence-corrected chi connectivity index (χ3v) is 2.40. The summed E-state index contributed by atoms with van der Waals surface area (Å²) in [6.45, 7) is 8.17. The molecule has 2 aromatic rings. The first kappa shape index (κ1) is 9.96. The van der Waals surface area contributed by atoms with Crippen LogP contribution < -0.4 is 5.56 Å². The highest BCUT2D eigenvalue weighted by atomic mass is 16.1. The maximum atomic E-state index is 11.3. The van der Waals surface area contributed by atoms with Crippen molar-refractivity contribution in [2.24, 2.45) is 0 Å². The Balaban J connectivity index is 2.77. The molecule has 2 rings (SSSR count). The summed E-state index contributed by atoms with van der Waals surface area (Å²) in [6.07, 6.45) is 0.